The first kappa shape index (κ1) is 12.8. The highest BCUT2D eigenvalue weighted by atomic mass is 16.5. The van der Waals surface area contributed by atoms with Crippen LogP contribution in [-0.4, -0.2) is 19.4 Å². The first-order valence-electron chi connectivity index (χ1n) is 5.64. The molecule has 0 fully saturated rings. The summed E-state index contributed by atoms with van der Waals surface area (Å²) in [7, 11) is 1.33. The lowest BCUT2D eigenvalue weighted by molar-refractivity contribution is 0.0600. The zero-order chi connectivity index (χ0) is 13.7. The van der Waals surface area contributed by atoms with Crippen molar-refractivity contribution in [3.63, 3.8) is 0 Å². The maximum absolute atomic E-state index is 11.3. The zero-order valence-corrected chi connectivity index (χ0v) is 10.3. The van der Waals surface area contributed by atoms with E-state index in [1.54, 1.807) is 48.5 Å². The molecule has 0 aliphatic rings. The van der Waals surface area contributed by atoms with Gasteiger partial charge in [-0.05, 0) is 36.4 Å². The van der Waals surface area contributed by atoms with E-state index >= 15 is 0 Å². The number of hydrogen-bond acceptors (Lipinski definition) is 4. The van der Waals surface area contributed by atoms with Crippen molar-refractivity contribution in [1.29, 1.82) is 0 Å². The van der Waals surface area contributed by atoms with E-state index < -0.39 is 5.97 Å². The Morgan fingerprint density at radius 1 is 1.05 bits per heavy atom. The molecule has 0 aliphatic heterocycles. The van der Waals surface area contributed by atoms with Gasteiger partial charge < -0.3 is 9.47 Å². The molecule has 0 saturated carbocycles. The third-order valence-corrected chi connectivity index (χ3v) is 2.51. The average molecular weight is 256 g/mol. The van der Waals surface area contributed by atoms with E-state index in [0.29, 0.717) is 22.6 Å². The Hall–Kier alpha value is -2.62. The molecule has 4 nitrogen and oxygen atoms in total. The summed E-state index contributed by atoms with van der Waals surface area (Å²) in [5.41, 5.74) is 1.00. The van der Waals surface area contributed by atoms with Crippen LogP contribution in [0.1, 0.15) is 20.7 Å². The Kier molecular flexibility index (Phi) is 3.93. The second kappa shape index (κ2) is 5.82. The maximum atomic E-state index is 11.3. The highest BCUT2D eigenvalue weighted by Crippen LogP contribution is 2.22. The minimum atomic E-state index is -0.394. The predicted octanol–water partition coefficient (Wildman–Crippen LogP) is 3.08. The lowest BCUT2D eigenvalue weighted by atomic mass is 10.2. The first-order chi connectivity index (χ1) is 9.22. The molecule has 0 atom stereocenters. The summed E-state index contributed by atoms with van der Waals surface area (Å²) in [5.74, 6) is 0.751. The molecule has 0 radical (unpaired) electrons. The van der Waals surface area contributed by atoms with E-state index in [4.69, 9.17) is 4.74 Å². The van der Waals surface area contributed by atoms with Crippen molar-refractivity contribution in [2.75, 3.05) is 7.11 Å². The van der Waals surface area contributed by atoms with Crippen molar-refractivity contribution in [3.05, 3.63) is 59.7 Å². The number of ether oxygens (including phenoxy) is 2. The largest absolute Gasteiger partial charge is 0.465 e. The molecule has 4 heteroatoms. The van der Waals surface area contributed by atoms with Crippen molar-refractivity contribution in [1.82, 2.24) is 0 Å². The number of methoxy groups -OCH3 is 1. The number of carbonyl (C=O) groups excluding carboxylic acids is 2. The predicted molar refractivity (Wildman–Crippen MR) is 69.7 cm³/mol. The topological polar surface area (TPSA) is 52.6 Å². The third kappa shape index (κ3) is 3.19. The lowest BCUT2D eigenvalue weighted by Gasteiger charge is -2.06. The number of carbonyl (C=O) groups is 2. The Bertz CT molecular complexity index is 587. The van der Waals surface area contributed by atoms with Gasteiger partial charge in [-0.3, -0.25) is 4.79 Å². The summed E-state index contributed by atoms with van der Waals surface area (Å²) in [4.78, 5) is 21.9. The minimum absolute atomic E-state index is 0.394. The fraction of sp³-hybridized carbons (Fsp3) is 0.0667. The number of hydrogen-bond donors (Lipinski definition) is 0. The molecular formula is C15H12O4. The zero-order valence-electron chi connectivity index (χ0n) is 10.3. The van der Waals surface area contributed by atoms with Crippen LogP contribution in [0.15, 0.2) is 48.5 Å². The summed E-state index contributed by atoms with van der Waals surface area (Å²) in [6.45, 7) is 0. The van der Waals surface area contributed by atoms with E-state index in [2.05, 4.69) is 4.74 Å². The molecule has 0 aromatic heterocycles. The average Bonchev–Trinajstić information content (AvgIpc) is 2.47. The third-order valence-electron chi connectivity index (χ3n) is 2.51. The normalized spacial score (nSPS) is 9.74. The summed E-state index contributed by atoms with van der Waals surface area (Å²) in [6.07, 6.45) is 0.757. The van der Waals surface area contributed by atoms with Crippen molar-refractivity contribution in [2.24, 2.45) is 0 Å². The van der Waals surface area contributed by atoms with E-state index in [1.807, 2.05) is 0 Å². The number of rotatable bonds is 4. The molecular weight excluding hydrogens is 244 g/mol. The van der Waals surface area contributed by atoms with Crippen LogP contribution in [0.5, 0.6) is 11.5 Å². The van der Waals surface area contributed by atoms with Gasteiger partial charge in [0, 0.05) is 5.56 Å². The summed E-state index contributed by atoms with van der Waals surface area (Å²) in [6, 6.07) is 13.4. The van der Waals surface area contributed by atoms with Gasteiger partial charge in [-0.2, -0.15) is 0 Å². The molecule has 19 heavy (non-hydrogen) atoms. The monoisotopic (exact) mass is 256 g/mol. The second-order valence-corrected chi connectivity index (χ2v) is 3.81. The molecule has 0 spiro atoms. The highest BCUT2D eigenvalue weighted by molar-refractivity contribution is 5.89. The highest BCUT2D eigenvalue weighted by Gasteiger charge is 2.05. The van der Waals surface area contributed by atoms with Crippen LogP contribution in [-0.2, 0) is 4.74 Å². The Labute approximate surface area is 110 Å². The molecule has 2 rings (SSSR count). The number of benzene rings is 2. The second-order valence-electron chi connectivity index (χ2n) is 3.81. The molecule has 0 unspecified atom stereocenters. The van der Waals surface area contributed by atoms with E-state index in [9.17, 15) is 9.59 Å². The fourth-order valence-corrected chi connectivity index (χ4v) is 1.56. The number of esters is 1. The van der Waals surface area contributed by atoms with Crippen molar-refractivity contribution in [3.8, 4) is 11.5 Å². The number of aldehydes is 1. The van der Waals surface area contributed by atoms with Gasteiger partial charge in [0.25, 0.3) is 0 Å². The van der Waals surface area contributed by atoms with Gasteiger partial charge in [0.15, 0.2) is 0 Å². The van der Waals surface area contributed by atoms with Crippen molar-refractivity contribution in [2.45, 2.75) is 0 Å². The first-order valence-corrected chi connectivity index (χ1v) is 5.64. The molecule has 96 valence electrons. The van der Waals surface area contributed by atoms with Gasteiger partial charge in [-0.25, -0.2) is 4.79 Å². The van der Waals surface area contributed by atoms with Gasteiger partial charge in [-0.1, -0.05) is 12.1 Å². The minimum Gasteiger partial charge on any atom is -0.465 e. The van der Waals surface area contributed by atoms with Crippen LogP contribution >= 0.6 is 0 Å². The summed E-state index contributed by atoms with van der Waals surface area (Å²) < 4.78 is 10.2. The maximum Gasteiger partial charge on any atom is 0.337 e. The van der Waals surface area contributed by atoms with Crippen molar-refractivity contribution < 1.29 is 19.1 Å². The molecule has 0 bridgehead atoms. The SMILES string of the molecule is COC(=O)c1ccc(Oc2cccc(C=O)c2)cc1. The molecule has 0 saturated heterocycles. The Balaban J connectivity index is 2.14. The lowest BCUT2D eigenvalue weighted by Crippen LogP contribution is -2.00. The fourth-order valence-electron chi connectivity index (χ4n) is 1.56. The van der Waals surface area contributed by atoms with Crippen LogP contribution in [0, 0.1) is 0 Å². The van der Waals surface area contributed by atoms with Gasteiger partial charge in [0.05, 0.1) is 12.7 Å². The Morgan fingerprint density at radius 2 is 1.79 bits per heavy atom. The standard InChI is InChI=1S/C15H12O4/c1-18-15(17)12-5-7-13(8-6-12)19-14-4-2-3-11(9-14)10-16/h2-10H,1H3. The van der Waals surface area contributed by atoms with Crippen molar-refractivity contribution >= 4 is 12.3 Å². The molecule has 0 aliphatic carbocycles. The molecule has 0 heterocycles. The van der Waals surface area contributed by atoms with Crippen LogP contribution in [0.25, 0.3) is 0 Å². The van der Waals surface area contributed by atoms with Gasteiger partial charge in [0.2, 0.25) is 0 Å². The van der Waals surface area contributed by atoms with E-state index in [1.165, 1.54) is 7.11 Å². The summed E-state index contributed by atoms with van der Waals surface area (Å²) in [5, 5.41) is 0. The molecule has 0 amide bonds. The summed E-state index contributed by atoms with van der Waals surface area (Å²) >= 11 is 0. The van der Waals surface area contributed by atoms with Crippen LogP contribution in [0.3, 0.4) is 0 Å². The smallest absolute Gasteiger partial charge is 0.337 e. The molecule has 0 N–H and O–H groups in total. The Morgan fingerprint density at radius 3 is 2.42 bits per heavy atom. The van der Waals surface area contributed by atoms with Crippen LogP contribution in [0.2, 0.25) is 0 Å². The molecule has 2 aromatic rings. The quantitative estimate of drug-likeness (QED) is 0.623. The van der Waals surface area contributed by atoms with Crippen LogP contribution < -0.4 is 4.74 Å². The van der Waals surface area contributed by atoms with Crippen LogP contribution in [0.4, 0.5) is 0 Å². The van der Waals surface area contributed by atoms with E-state index in [-0.39, 0.29) is 0 Å². The van der Waals surface area contributed by atoms with Gasteiger partial charge in [-0.15, -0.1) is 0 Å². The van der Waals surface area contributed by atoms with E-state index in [0.717, 1.165) is 6.29 Å². The van der Waals surface area contributed by atoms with Gasteiger partial charge >= 0.3 is 5.97 Å². The van der Waals surface area contributed by atoms with Gasteiger partial charge in [0.1, 0.15) is 17.8 Å². The molecule has 2 aromatic carbocycles.